The molecule has 0 amide bonds. The standard InChI is InChI=1S/C59H32N4S3/c1-7-19-45-33(13-1)39-27-42-36-16-4-10-22-52(36)64-55(42)30-49(39)61(45)48-25-26-58(62-46-20-8-2-14-34(46)40-28-43-37-17-5-11-23-53(37)65-56(43)31-50(40)62)60-59(48)63-47-21-9-3-15-35(47)41-29-44-38-18-6-12-24-54(38)66-57(44)32-51(41)63/h1-32H. The molecule has 0 saturated heterocycles. The zero-order valence-electron chi connectivity index (χ0n) is 35.0. The van der Waals surface area contributed by atoms with E-state index in [1.54, 1.807) is 0 Å². The van der Waals surface area contributed by atoms with Gasteiger partial charge in [0.1, 0.15) is 5.82 Å². The molecule has 0 spiro atoms. The van der Waals surface area contributed by atoms with Gasteiger partial charge in [0.2, 0.25) is 0 Å². The first kappa shape index (κ1) is 35.5. The number of fused-ring (bicyclic) bond motifs is 18. The molecule has 7 heteroatoms. The van der Waals surface area contributed by atoms with E-state index in [0.29, 0.717) is 0 Å². The van der Waals surface area contributed by atoms with E-state index >= 15 is 0 Å². The second-order valence-corrected chi connectivity index (χ2v) is 20.7. The van der Waals surface area contributed by atoms with Crippen molar-refractivity contribution in [1.82, 2.24) is 18.7 Å². The molecule has 7 heterocycles. The molecule has 0 unspecified atom stereocenters. The monoisotopic (exact) mass is 892 g/mol. The summed E-state index contributed by atoms with van der Waals surface area (Å²) in [5, 5.41) is 15.1. The normalized spacial score (nSPS) is 12.5. The minimum Gasteiger partial charge on any atom is -0.306 e. The Kier molecular flexibility index (Phi) is 6.96. The van der Waals surface area contributed by atoms with Gasteiger partial charge in [-0.1, -0.05) is 109 Å². The zero-order valence-corrected chi connectivity index (χ0v) is 37.4. The van der Waals surface area contributed by atoms with Gasteiger partial charge in [-0.2, -0.15) is 0 Å². The van der Waals surface area contributed by atoms with Crippen LogP contribution in [0.4, 0.5) is 0 Å². The van der Waals surface area contributed by atoms with Crippen LogP contribution < -0.4 is 0 Å². The highest BCUT2D eigenvalue weighted by Gasteiger charge is 2.25. The maximum atomic E-state index is 5.98. The molecule has 0 N–H and O–H groups in total. The van der Waals surface area contributed by atoms with Gasteiger partial charge in [0.15, 0.2) is 5.82 Å². The van der Waals surface area contributed by atoms with Crippen LogP contribution in [0.15, 0.2) is 194 Å². The van der Waals surface area contributed by atoms with Crippen molar-refractivity contribution in [2.45, 2.75) is 0 Å². The highest BCUT2D eigenvalue weighted by molar-refractivity contribution is 7.26. The molecule has 7 aromatic heterocycles. The SMILES string of the molecule is c1ccc2c(c1)sc1cc3c(cc12)c1ccccc1n3-c1ccc(-n2c3ccccc3c3cc4c(cc32)sc2ccccc24)c(-n2c3ccccc3c3cc4c(cc32)sc2ccccc24)n1. The van der Waals surface area contributed by atoms with Crippen LogP contribution in [-0.2, 0) is 0 Å². The van der Waals surface area contributed by atoms with E-state index in [0.717, 1.165) is 44.9 Å². The highest BCUT2D eigenvalue weighted by Crippen LogP contribution is 2.46. The lowest BCUT2D eigenvalue weighted by atomic mass is 10.1. The van der Waals surface area contributed by atoms with Crippen molar-refractivity contribution in [3.8, 4) is 17.3 Å². The van der Waals surface area contributed by atoms with E-state index in [2.05, 4.69) is 208 Å². The Balaban J connectivity index is 1.06. The van der Waals surface area contributed by atoms with E-state index in [1.165, 1.54) is 98.4 Å². The lowest BCUT2D eigenvalue weighted by Crippen LogP contribution is -2.09. The maximum absolute atomic E-state index is 5.98. The van der Waals surface area contributed by atoms with Crippen molar-refractivity contribution in [3.05, 3.63) is 194 Å². The third-order valence-electron chi connectivity index (χ3n) is 14.0. The number of pyridine rings is 1. The van der Waals surface area contributed by atoms with E-state index in [9.17, 15) is 0 Å². The number of nitrogens with zero attached hydrogens (tertiary/aromatic N) is 4. The molecule has 0 atom stereocenters. The Bertz CT molecular complexity index is 4780. The second kappa shape index (κ2) is 12.9. The number of thiophene rings is 3. The van der Waals surface area contributed by atoms with Crippen molar-refractivity contribution >= 4 is 160 Å². The third kappa shape index (κ3) is 4.68. The predicted octanol–water partition coefficient (Wildman–Crippen LogP) is 17.5. The van der Waals surface area contributed by atoms with Gasteiger partial charge in [-0.3, -0.25) is 9.13 Å². The smallest absolute Gasteiger partial charge is 0.164 e. The lowest BCUT2D eigenvalue weighted by Gasteiger charge is -2.18. The largest absolute Gasteiger partial charge is 0.306 e. The van der Waals surface area contributed by atoms with Gasteiger partial charge in [0.05, 0.1) is 38.8 Å². The molecule has 0 aliphatic heterocycles. The average molecular weight is 893 g/mol. The number of benzene rings is 9. The van der Waals surface area contributed by atoms with Gasteiger partial charge in [0, 0.05) is 92.8 Å². The lowest BCUT2D eigenvalue weighted by molar-refractivity contribution is 0.984. The zero-order chi connectivity index (χ0) is 42.8. The second-order valence-electron chi connectivity index (χ2n) is 17.5. The van der Waals surface area contributed by atoms with Crippen LogP contribution in [0.2, 0.25) is 0 Å². The molecule has 9 aromatic carbocycles. The molecule has 0 fully saturated rings. The Morgan fingerprint density at radius 1 is 0.258 bits per heavy atom. The summed E-state index contributed by atoms with van der Waals surface area (Å²) >= 11 is 5.59. The molecule has 0 radical (unpaired) electrons. The minimum atomic E-state index is 0.877. The van der Waals surface area contributed by atoms with Crippen molar-refractivity contribution < 1.29 is 0 Å². The third-order valence-corrected chi connectivity index (χ3v) is 17.4. The van der Waals surface area contributed by atoms with Crippen molar-refractivity contribution in [2.75, 3.05) is 0 Å². The maximum Gasteiger partial charge on any atom is 0.164 e. The van der Waals surface area contributed by atoms with Crippen LogP contribution in [0.5, 0.6) is 0 Å². The molecule has 16 rings (SSSR count). The Morgan fingerprint density at radius 2 is 0.621 bits per heavy atom. The van der Waals surface area contributed by atoms with E-state index < -0.39 is 0 Å². The quantitative estimate of drug-likeness (QED) is 0.174. The molecule has 0 aliphatic rings. The van der Waals surface area contributed by atoms with Crippen molar-refractivity contribution in [2.24, 2.45) is 0 Å². The summed E-state index contributed by atoms with van der Waals surface area (Å²) in [5.74, 6) is 1.76. The number of rotatable bonds is 3. The molecule has 306 valence electrons. The van der Waals surface area contributed by atoms with Crippen LogP contribution >= 0.6 is 34.0 Å². The first-order chi connectivity index (χ1) is 32.7. The molecule has 0 bridgehead atoms. The predicted molar refractivity (Wildman–Crippen MR) is 286 cm³/mol. The van der Waals surface area contributed by atoms with Gasteiger partial charge < -0.3 is 4.57 Å². The van der Waals surface area contributed by atoms with Crippen LogP contribution in [0, 0.1) is 0 Å². The molecular weight excluding hydrogens is 861 g/mol. The van der Waals surface area contributed by atoms with Crippen molar-refractivity contribution in [3.63, 3.8) is 0 Å². The summed E-state index contributed by atoms with van der Waals surface area (Å²) in [6.07, 6.45) is 0. The van der Waals surface area contributed by atoms with Crippen LogP contribution in [0.3, 0.4) is 0 Å². The Hall–Kier alpha value is -7.81. The molecule has 0 saturated carbocycles. The first-order valence-electron chi connectivity index (χ1n) is 22.3. The number of hydrogen-bond donors (Lipinski definition) is 0. The van der Waals surface area contributed by atoms with Gasteiger partial charge in [-0.15, -0.1) is 34.0 Å². The molecular formula is C59H32N4S3. The fourth-order valence-electron chi connectivity index (χ4n) is 11.2. The number of hydrogen-bond acceptors (Lipinski definition) is 4. The van der Waals surface area contributed by atoms with Crippen LogP contribution in [-0.4, -0.2) is 18.7 Å². The van der Waals surface area contributed by atoms with Crippen LogP contribution in [0.25, 0.3) is 143 Å². The van der Waals surface area contributed by atoms with E-state index in [4.69, 9.17) is 4.98 Å². The van der Waals surface area contributed by atoms with Gasteiger partial charge in [-0.25, -0.2) is 4.98 Å². The summed E-state index contributed by atoms with van der Waals surface area (Å²) < 4.78 is 15.1. The van der Waals surface area contributed by atoms with Gasteiger partial charge >= 0.3 is 0 Å². The fraction of sp³-hybridized carbons (Fsp3) is 0. The molecule has 0 aliphatic carbocycles. The van der Waals surface area contributed by atoms with Gasteiger partial charge in [-0.05, 0) is 84.9 Å². The number of para-hydroxylation sites is 3. The Morgan fingerprint density at radius 3 is 1.09 bits per heavy atom. The molecule has 16 aromatic rings. The highest BCUT2D eigenvalue weighted by atomic mass is 32.1. The summed E-state index contributed by atoms with van der Waals surface area (Å²) in [6, 6.07) is 72.1. The first-order valence-corrected chi connectivity index (χ1v) is 24.7. The summed E-state index contributed by atoms with van der Waals surface area (Å²) in [5.41, 5.74) is 7.91. The Labute approximate surface area is 387 Å². The van der Waals surface area contributed by atoms with E-state index in [1.807, 2.05) is 34.0 Å². The average Bonchev–Trinajstić information content (AvgIpc) is 4.21. The van der Waals surface area contributed by atoms with Crippen molar-refractivity contribution in [1.29, 1.82) is 0 Å². The summed E-state index contributed by atoms with van der Waals surface area (Å²) in [7, 11) is 0. The topological polar surface area (TPSA) is 27.7 Å². The summed E-state index contributed by atoms with van der Waals surface area (Å²) in [6.45, 7) is 0. The van der Waals surface area contributed by atoms with Gasteiger partial charge in [0.25, 0.3) is 0 Å². The number of aromatic nitrogens is 4. The summed E-state index contributed by atoms with van der Waals surface area (Å²) in [4.78, 5) is 5.98. The minimum absolute atomic E-state index is 0.877. The molecule has 66 heavy (non-hydrogen) atoms. The van der Waals surface area contributed by atoms with Crippen LogP contribution in [0.1, 0.15) is 0 Å². The van der Waals surface area contributed by atoms with E-state index in [-0.39, 0.29) is 0 Å². The fourth-order valence-corrected chi connectivity index (χ4v) is 14.6. The molecule has 4 nitrogen and oxygen atoms in total.